The van der Waals surface area contributed by atoms with Crippen LogP contribution < -0.4 is 10.6 Å². The number of benzene rings is 1. The number of urea groups is 1. The topological polar surface area (TPSA) is 84.5 Å². The summed E-state index contributed by atoms with van der Waals surface area (Å²) in [5.74, 6) is 0.125. The van der Waals surface area contributed by atoms with Gasteiger partial charge in [-0.2, -0.15) is 0 Å². The van der Waals surface area contributed by atoms with E-state index in [1.54, 1.807) is 31.2 Å². The Morgan fingerprint density at radius 2 is 2.00 bits per heavy atom. The molecule has 27 heavy (non-hydrogen) atoms. The molecule has 8 heteroatoms. The molecule has 1 saturated heterocycles. The van der Waals surface area contributed by atoms with E-state index in [1.165, 1.54) is 12.2 Å². The van der Waals surface area contributed by atoms with Crippen molar-refractivity contribution in [2.75, 3.05) is 12.3 Å². The maximum absolute atomic E-state index is 12.4. The fourth-order valence-electron chi connectivity index (χ4n) is 2.68. The van der Waals surface area contributed by atoms with Gasteiger partial charge in [0, 0.05) is 29.5 Å². The molecule has 148 valence electrons. The van der Waals surface area contributed by atoms with Gasteiger partial charge in [-0.05, 0) is 26.2 Å². The molecule has 1 aromatic rings. The van der Waals surface area contributed by atoms with Gasteiger partial charge < -0.3 is 10.1 Å². The highest BCUT2D eigenvalue weighted by atomic mass is 33.1. The van der Waals surface area contributed by atoms with Crippen LogP contribution >= 0.6 is 21.6 Å². The summed E-state index contributed by atoms with van der Waals surface area (Å²) in [4.78, 5) is 36.3. The average Bonchev–Trinajstić information content (AvgIpc) is 3.17. The molecule has 1 aromatic carbocycles. The molecule has 0 saturated carbocycles. The van der Waals surface area contributed by atoms with Gasteiger partial charge in [0.05, 0.1) is 0 Å². The maximum Gasteiger partial charge on any atom is 0.321 e. The average molecular weight is 411 g/mol. The number of amides is 3. The zero-order valence-electron chi connectivity index (χ0n) is 15.4. The second-order valence-electron chi connectivity index (χ2n) is 6.20. The Hall–Kier alpha value is -1.67. The molecule has 3 amide bonds. The molecule has 1 aliphatic heterocycles. The van der Waals surface area contributed by atoms with Crippen molar-refractivity contribution >= 4 is 39.5 Å². The molecule has 0 aliphatic carbocycles. The Kier molecular flexibility index (Phi) is 9.55. The summed E-state index contributed by atoms with van der Waals surface area (Å²) in [7, 11) is 3.84. The minimum Gasteiger partial charge on any atom is -0.447 e. The summed E-state index contributed by atoms with van der Waals surface area (Å²) in [6.07, 6.45) is 3.17. The van der Waals surface area contributed by atoms with E-state index in [4.69, 9.17) is 4.74 Å². The molecule has 1 heterocycles. The molecule has 0 bridgehead atoms. The summed E-state index contributed by atoms with van der Waals surface area (Å²) < 4.78 is 5.41. The molecule has 0 aromatic heterocycles. The third-order valence-corrected chi connectivity index (χ3v) is 7.05. The first-order valence-electron chi connectivity index (χ1n) is 9.21. The van der Waals surface area contributed by atoms with E-state index in [-0.39, 0.29) is 6.42 Å². The number of carbonyl (C=O) groups is 3. The number of carbonyl (C=O) groups excluding carboxylic acids is 3. The first-order chi connectivity index (χ1) is 13.1. The number of ether oxygens (including phenoxy) is 1. The van der Waals surface area contributed by atoms with Crippen LogP contribution in [0.1, 0.15) is 50.7 Å². The second-order valence-corrected chi connectivity index (χ2v) is 8.99. The van der Waals surface area contributed by atoms with E-state index < -0.39 is 24.0 Å². The molecule has 2 rings (SSSR count). The van der Waals surface area contributed by atoms with E-state index >= 15 is 0 Å². The number of esters is 1. The van der Waals surface area contributed by atoms with Crippen LogP contribution in [0.4, 0.5) is 4.79 Å². The molecular formula is C19H26N2O4S2. The van der Waals surface area contributed by atoms with Crippen molar-refractivity contribution in [3.63, 3.8) is 0 Å². The van der Waals surface area contributed by atoms with Crippen molar-refractivity contribution in [3.05, 3.63) is 35.9 Å². The number of hydrogen-bond acceptors (Lipinski definition) is 6. The van der Waals surface area contributed by atoms with Gasteiger partial charge >= 0.3 is 12.0 Å². The normalized spacial score (nSPS) is 17.1. The van der Waals surface area contributed by atoms with E-state index in [0.717, 1.165) is 19.3 Å². The predicted octanol–water partition coefficient (Wildman–Crippen LogP) is 3.83. The predicted molar refractivity (Wildman–Crippen MR) is 109 cm³/mol. The van der Waals surface area contributed by atoms with E-state index in [1.807, 2.05) is 27.7 Å². The van der Waals surface area contributed by atoms with E-state index in [0.29, 0.717) is 17.4 Å². The van der Waals surface area contributed by atoms with Crippen molar-refractivity contribution in [1.29, 1.82) is 0 Å². The van der Waals surface area contributed by atoms with Gasteiger partial charge in [0.2, 0.25) is 6.10 Å². The Balaban J connectivity index is 1.85. The smallest absolute Gasteiger partial charge is 0.321 e. The molecule has 0 radical (unpaired) electrons. The van der Waals surface area contributed by atoms with Crippen LogP contribution in [0.3, 0.4) is 0 Å². The summed E-state index contributed by atoms with van der Waals surface area (Å²) in [6.45, 7) is 2.15. The highest BCUT2D eigenvalue weighted by Gasteiger charge is 2.26. The number of nitrogens with one attached hydrogen (secondary N) is 2. The molecular weight excluding hydrogens is 384 g/mol. The lowest BCUT2D eigenvalue weighted by molar-refractivity contribution is -0.156. The first-order valence-corrected chi connectivity index (χ1v) is 11.6. The maximum atomic E-state index is 12.4. The summed E-state index contributed by atoms with van der Waals surface area (Å²) in [6, 6.07) is 8.11. The second kappa shape index (κ2) is 11.9. The zero-order valence-corrected chi connectivity index (χ0v) is 17.1. The molecule has 2 N–H and O–H groups in total. The van der Waals surface area contributed by atoms with Crippen LogP contribution in [-0.4, -0.2) is 35.5 Å². The lowest BCUT2D eigenvalue weighted by Gasteiger charge is -2.18. The van der Waals surface area contributed by atoms with Gasteiger partial charge in [0.25, 0.3) is 5.91 Å². The van der Waals surface area contributed by atoms with Gasteiger partial charge in [-0.25, -0.2) is 4.79 Å². The zero-order chi connectivity index (χ0) is 19.5. The Morgan fingerprint density at radius 3 is 2.67 bits per heavy atom. The Labute approximate surface area is 168 Å². The summed E-state index contributed by atoms with van der Waals surface area (Å²) in [5.41, 5.74) is 0.534. The summed E-state index contributed by atoms with van der Waals surface area (Å²) >= 11 is 0. The van der Waals surface area contributed by atoms with Gasteiger partial charge in [-0.15, -0.1) is 0 Å². The summed E-state index contributed by atoms with van der Waals surface area (Å²) in [5, 5.41) is 5.39. The van der Waals surface area contributed by atoms with Gasteiger partial charge in [0.1, 0.15) is 0 Å². The molecule has 1 aliphatic rings. The third-order valence-electron chi connectivity index (χ3n) is 4.05. The van der Waals surface area contributed by atoms with Gasteiger partial charge in [-0.3, -0.25) is 14.9 Å². The number of hydrogen-bond donors (Lipinski definition) is 2. The monoisotopic (exact) mass is 410 g/mol. The van der Waals surface area contributed by atoms with Gasteiger partial charge in [-0.1, -0.05) is 58.3 Å². The number of imide groups is 1. The van der Waals surface area contributed by atoms with Crippen LogP contribution in [0, 0.1) is 0 Å². The highest BCUT2D eigenvalue weighted by Crippen LogP contribution is 2.39. The fourth-order valence-corrected chi connectivity index (χ4v) is 5.71. The van der Waals surface area contributed by atoms with E-state index in [2.05, 4.69) is 10.6 Å². The lowest BCUT2D eigenvalue weighted by Crippen LogP contribution is -2.42. The van der Waals surface area contributed by atoms with E-state index in [9.17, 15) is 14.4 Å². The molecule has 2 atom stereocenters. The standard InChI is InChI=1S/C19H26N2O4S2/c1-2-20-19(24)21-18(23)17(14-8-4-3-5-9-14)25-16(22)11-7-6-10-15-12-13-26-27-15/h3-5,8-9,15,17H,2,6-7,10-13H2,1H3,(H2,20,21,23,24)/t15-,17+/m1/s1. The Morgan fingerprint density at radius 1 is 1.22 bits per heavy atom. The molecule has 0 unspecified atom stereocenters. The molecule has 6 nitrogen and oxygen atoms in total. The Bertz CT molecular complexity index is 621. The SMILES string of the molecule is CCNC(=O)NC(=O)[C@@H](OC(=O)CCCC[C@@H]1CCSS1)c1ccccc1. The van der Waals surface area contributed by atoms with Gasteiger partial charge in [0.15, 0.2) is 0 Å². The van der Waals surface area contributed by atoms with Crippen LogP contribution in [0.25, 0.3) is 0 Å². The third kappa shape index (κ3) is 7.84. The number of rotatable bonds is 9. The number of unbranched alkanes of at least 4 members (excludes halogenated alkanes) is 1. The van der Waals surface area contributed by atoms with Crippen molar-refractivity contribution in [3.8, 4) is 0 Å². The quantitative estimate of drug-likeness (QED) is 0.366. The van der Waals surface area contributed by atoms with Crippen molar-refractivity contribution in [2.24, 2.45) is 0 Å². The van der Waals surface area contributed by atoms with Crippen LogP contribution in [0.5, 0.6) is 0 Å². The highest BCUT2D eigenvalue weighted by molar-refractivity contribution is 8.77. The largest absolute Gasteiger partial charge is 0.447 e. The van der Waals surface area contributed by atoms with Crippen LogP contribution in [0.2, 0.25) is 0 Å². The fraction of sp³-hybridized carbons (Fsp3) is 0.526. The van der Waals surface area contributed by atoms with Crippen molar-refractivity contribution in [2.45, 2.75) is 50.4 Å². The first kappa shape index (κ1) is 21.6. The molecule has 0 spiro atoms. The minimum absolute atomic E-state index is 0.266. The van der Waals surface area contributed by atoms with Crippen molar-refractivity contribution < 1.29 is 19.1 Å². The lowest BCUT2D eigenvalue weighted by atomic mass is 10.1. The van der Waals surface area contributed by atoms with Crippen molar-refractivity contribution in [1.82, 2.24) is 10.6 Å². The van der Waals surface area contributed by atoms with Crippen LogP contribution in [0.15, 0.2) is 30.3 Å². The molecule has 1 fully saturated rings. The minimum atomic E-state index is -1.14. The van der Waals surface area contributed by atoms with Crippen LogP contribution in [-0.2, 0) is 14.3 Å².